The number of thiophene rings is 1. The van der Waals surface area contributed by atoms with E-state index in [0.717, 1.165) is 4.83 Å². The van der Waals surface area contributed by atoms with Gasteiger partial charge in [0.1, 0.15) is 4.83 Å². The van der Waals surface area contributed by atoms with Gasteiger partial charge in [-0.2, -0.15) is 0 Å². The van der Waals surface area contributed by atoms with Crippen molar-refractivity contribution >= 4 is 39.7 Å². The molecule has 0 aliphatic carbocycles. The Balaban J connectivity index is 2.14. The number of ether oxygens (including phenoxy) is 1. The number of esters is 1. The molecule has 2 aromatic rings. The van der Waals surface area contributed by atoms with Crippen LogP contribution in [0.2, 0.25) is 0 Å². The van der Waals surface area contributed by atoms with E-state index in [9.17, 15) is 9.59 Å². The molecule has 5 nitrogen and oxygen atoms in total. The molecule has 0 aliphatic rings. The molecule has 0 fully saturated rings. The number of fused-ring (bicyclic) bond motifs is 1. The number of H-pyrrole nitrogens is 1. The van der Waals surface area contributed by atoms with Crippen LogP contribution in [0, 0.1) is 4.77 Å². The molecule has 0 radical (unpaired) electrons. The van der Waals surface area contributed by atoms with E-state index >= 15 is 0 Å². The molecule has 0 bridgehead atoms. The summed E-state index contributed by atoms with van der Waals surface area (Å²) in [5, 5.41) is 2.48. The van der Waals surface area contributed by atoms with Crippen molar-refractivity contribution in [1.29, 1.82) is 0 Å². The summed E-state index contributed by atoms with van der Waals surface area (Å²) in [5.41, 5.74) is -0.108. The Morgan fingerprint density at radius 2 is 2.37 bits per heavy atom. The van der Waals surface area contributed by atoms with Crippen molar-refractivity contribution in [2.45, 2.75) is 26.3 Å². The summed E-state index contributed by atoms with van der Waals surface area (Å²) in [6.07, 6.45) is 0.822. The van der Waals surface area contributed by atoms with Gasteiger partial charge in [-0.25, -0.2) is 0 Å². The molecule has 1 N–H and O–H groups in total. The minimum Gasteiger partial charge on any atom is -0.466 e. The van der Waals surface area contributed by atoms with Crippen molar-refractivity contribution in [2.75, 3.05) is 6.61 Å². The van der Waals surface area contributed by atoms with Crippen molar-refractivity contribution in [1.82, 2.24) is 9.55 Å². The zero-order valence-corrected chi connectivity index (χ0v) is 12.1. The normalized spacial score (nSPS) is 10.8. The molecule has 0 aliphatic heterocycles. The van der Waals surface area contributed by atoms with Gasteiger partial charge in [0.05, 0.1) is 12.0 Å². The molecule has 0 amide bonds. The molecule has 2 heterocycles. The van der Waals surface area contributed by atoms with Gasteiger partial charge < -0.3 is 9.72 Å². The third kappa shape index (κ3) is 3.10. The third-order valence-corrected chi connectivity index (χ3v) is 3.83. The number of carbonyl (C=O) groups is 1. The maximum Gasteiger partial charge on any atom is 0.305 e. The van der Waals surface area contributed by atoms with Crippen LogP contribution in [0.5, 0.6) is 0 Å². The minimum absolute atomic E-state index is 0.108. The van der Waals surface area contributed by atoms with Crippen LogP contribution >= 0.6 is 23.6 Å². The predicted octanol–water partition coefficient (Wildman–Crippen LogP) is 2.46. The fraction of sp³-hybridized carbons (Fsp3) is 0.417. The van der Waals surface area contributed by atoms with Gasteiger partial charge in [0, 0.05) is 13.0 Å². The van der Waals surface area contributed by atoms with Crippen LogP contribution in [-0.4, -0.2) is 22.1 Å². The number of hydrogen-bond acceptors (Lipinski definition) is 5. The third-order valence-electron chi connectivity index (χ3n) is 2.67. The number of aromatic nitrogens is 2. The summed E-state index contributed by atoms with van der Waals surface area (Å²) in [6.45, 7) is 2.56. The Kier molecular flexibility index (Phi) is 4.49. The van der Waals surface area contributed by atoms with Gasteiger partial charge in [-0.15, -0.1) is 11.3 Å². The first kappa shape index (κ1) is 14.0. The molecule has 2 rings (SSSR count). The highest BCUT2D eigenvalue weighted by Crippen LogP contribution is 2.14. The molecule has 102 valence electrons. The van der Waals surface area contributed by atoms with E-state index in [1.165, 1.54) is 15.9 Å². The average Bonchev–Trinajstić information content (AvgIpc) is 2.82. The number of nitrogens with zero attached hydrogens (tertiary/aromatic N) is 1. The van der Waals surface area contributed by atoms with Gasteiger partial charge in [0.25, 0.3) is 5.56 Å². The van der Waals surface area contributed by atoms with Gasteiger partial charge in [0.15, 0.2) is 4.77 Å². The monoisotopic (exact) mass is 298 g/mol. The first-order chi connectivity index (χ1) is 9.13. The molecule has 0 saturated carbocycles. The van der Waals surface area contributed by atoms with E-state index in [1.54, 1.807) is 13.0 Å². The van der Waals surface area contributed by atoms with Crippen molar-refractivity contribution in [2.24, 2.45) is 0 Å². The van der Waals surface area contributed by atoms with Crippen molar-refractivity contribution < 1.29 is 9.53 Å². The van der Waals surface area contributed by atoms with E-state index < -0.39 is 0 Å². The Hall–Kier alpha value is -1.47. The zero-order chi connectivity index (χ0) is 13.8. The molecule has 0 aromatic carbocycles. The summed E-state index contributed by atoms with van der Waals surface area (Å²) in [4.78, 5) is 27.2. The molecular formula is C12H14N2O3S2. The van der Waals surface area contributed by atoms with E-state index in [-0.39, 0.29) is 17.9 Å². The second kappa shape index (κ2) is 6.12. The first-order valence-corrected chi connectivity index (χ1v) is 7.28. The highest BCUT2D eigenvalue weighted by atomic mass is 32.1. The smallest absolute Gasteiger partial charge is 0.305 e. The molecule has 0 spiro atoms. The van der Waals surface area contributed by atoms with Crippen molar-refractivity contribution in [3.63, 3.8) is 0 Å². The SMILES string of the molecule is CCOC(=O)CCCn1c(=S)[nH]c2sccc2c1=O. The van der Waals surface area contributed by atoms with Crippen LogP contribution in [0.15, 0.2) is 16.2 Å². The summed E-state index contributed by atoms with van der Waals surface area (Å²) in [6, 6.07) is 1.77. The van der Waals surface area contributed by atoms with Gasteiger partial charge in [-0.1, -0.05) is 0 Å². The van der Waals surface area contributed by atoms with Crippen LogP contribution in [-0.2, 0) is 16.1 Å². The number of aromatic amines is 1. The second-order valence-corrected chi connectivity index (χ2v) is 5.26. The molecule has 0 unspecified atom stereocenters. The standard InChI is InChI=1S/C12H14N2O3S2/c1-2-17-9(15)4-3-6-14-11(16)8-5-7-19-10(8)13-12(14)18/h5,7H,2-4,6H2,1H3,(H,13,18). The van der Waals surface area contributed by atoms with E-state index in [1.807, 2.05) is 5.38 Å². The number of rotatable bonds is 5. The minimum atomic E-state index is -0.248. The van der Waals surface area contributed by atoms with Crippen LogP contribution < -0.4 is 5.56 Å². The Bertz CT molecular complexity index is 699. The van der Waals surface area contributed by atoms with E-state index in [0.29, 0.717) is 29.7 Å². The maximum atomic E-state index is 12.2. The number of nitrogens with one attached hydrogen (secondary N) is 1. The van der Waals surface area contributed by atoms with E-state index in [4.69, 9.17) is 17.0 Å². The Morgan fingerprint density at radius 1 is 1.58 bits per heavy atom. The van der Waals surface area contributed by atoms with Gasteiger partial charge >= 0.3 is 5.97 Å². The fourth-order valence-electron chi connectivity index (χ4n) is 1.79. The largest absolute Gasteiger partial charge is 0.466 e. The zero-order valence-electron chi connectivity index (χ0n) is 10.5. The molecular weight excluding hydrogens is 284 g/mol. The van der Waals surface area contributed by atoms with E-state index in [2.05, 4.69) is 4.98 Å². The lowest BCUT2D eigenvalue weighted by Crippen LogP contribution is -2.22. The lowest BCUT2D eigenvalue weighted by atomic mass is 10.3. The summed E-state index contributed by atoms with van der Waals surface area (Å²) >= 11 is 6.61. The maximum absolute atomic E-state index is 12.2. The lowest BCUT2D eigenvalue weighted by Gasteiger charge is -2.06. The highest BCUT2D eigenvalue weighted by molar-refractivity contribution is 7.71. The van der Waals surface area contributed by atoms with Crippen molar-refractivity contribution in [3.8, 4) is 0 Å². The molecule has 19 heavy (non-hydrogen) atoms. The fourth-order valence-corrected chi connectivity index (χ4v) is 2.91. The molecule has 7 heteroatoms. The summed E-state index contributed by atoms with van der Waals surface area (Å²) < 4.78 is 6.72. The van der Waals surface area contributed by atoms with Gasteiger partial charge in [0.2, 0.25) is 0 Å². The number of hydrogen-bond donors (Lipinski definition) is 1. The number of carbonyl (C=O) groups excluding carboxylic acids is 1. The molecule has 2 aromatic heterocycles. The van der Waals surface area contributed by atoms with Crippen LogP contribution in [0.1, 0.15) is 19.8 Å². The van der Waals surface area contributed by atoms with Crippen LogP contribution in [0.25, 0.3) is 10.2 Å². The topological polar surface area (TPSA) is 64.1 Å². The Morgan fingerprint density at radius 3 is 3.11 bits per heavy atom. The highest BCUT2D eigenvalue weighted by Gasteiger charge is 2.07. The quantitative estimate of drug-likeness (QED) is 0.680. The van der Waals surface area contributed by atoms with Crippen LogP contribution in [0.3, 0.4) is 0 Å². The van der Waals surface area contributed by atoms with Crippen LogP contribution in [0.4, 0.5) is 0 Å². The predicted molar refractivity (Wildman–Crippen MR) is 77.1 cm³/mol. The first-order valence-electron chi connectivity index (χ1n) is 5.99. The second-order valence-electron chi connectivity index (χ2n) is 3.96. The summed E-state index contributed by atoms with van der Waals surface area (Å²) in [7, 11) is 0. The molecule has 0 atom stereocenters. The van der Waals surface area contributed by atoms with Gasteiger partial charge in [-0.3, -0.25) is 14.2 Å². The Labute approximate surface area is 118 Å². The average molecular weight is 298 g/mol. The molecule has 0 saturated heterocycles. The lowest BCUT2D eigenvalue weighted by molar-refractivity contribution is -0.143. The van der Waals surface area contributed by atoms with Gasteiger partial charge in [-0.05, 0) is 37.0 Å². The summed E-state index contributed by atoms with van der Waals surface area (Å²) in [5.74, 6) is -0.248. The van der Waals surface area contributed by atoms with Crippen molar-refractivity contribution in [3.05, 3.63) is 26.6 Å².